The Morgan fingerprint density at radius 3 is 2.53 bits per heavy atom. The van der Waals surface area contributed by atoms with Crippen molar-refractivity contribution in [2.24, 2.45) is 0 Å². The standard InChI is InChI=1S/C27H30N6O/c1-2-8-20(9-3-1)18-28-26-21-10-4-5-11-22(21)30-27(31-26)33-24-13-7-6-12-23(24)29-25(33)19-32-14-16-34-17-15-32/h1-3,6-9,12-13H,4-5,10-11,14-19H2,(H,28,30,31). The molecular weight excluding hydrogens is 424 g/mol. The maximum absolute atomic E-state index is 5.55. The third-order valence-corrected chi connectivity index (χ3v) is 6.77. The van der Waals surface area contributed by atoms with Crippen LogP contribution in [0.5, 0.6) is 0 Å². The van der Waals surface area contributed by atoms with Gasteiger partial charge in [0.15, 0.2) is 0 Å². The number of ether oxygens (including phenoxy) is 1. The van der Waals surface area contributed by atoms with Crippen molar-refractivity contribution < 1.29 is 4.74 Å². The number of aromatic nitrogens is 4. The van der Waals surface area contributed by atoms with Crippen molar-refractivity contribution in [1.82, 2.24) is 24.4 Å². The molecule has 1 aliphatic carbocycles. The molecule has 2 aromatic heterocycles. The molecule has 6 rings (SSSR count). The molecule has 7 nitrogen and oxygen atoms in total. The summed E-state index contributed by atoms with van der Waals surface area (Å²) in [6.07, 6.45) is 4.38. The molecule has 1 saturated heterocycles. The molecule has 1 N–H and O–H groups in total. The molecule has 0 bridgehead atoms. The second kappa shape index (κ2) is 9.52. The van der Waals surface area contributed by atoms with Crippen LogP contribution in [0, 0.1) is 0 Å². The van der Waals surface area contributed by atoms with Gasteiger partial charge in [-0.3, -0.25) is 9.47 Å². The van der Waals surface area contributed by atoms with Crippen molar-refractivity contribution in [3.8, 4) is 5.95 Å². The van der Waals surface area contributed by atoms with Gasteiger partial charge in [0.2, 0.25) is 5.95 Å². The Labute approximate surface area is 199 Å². The first-order valence-corrected chi connectivity index (χ1v) is 12.3. The number of para-hydroxylation sites is 2. The molecule has 1 aliphatic heterocycles. The molecule has 0 atom stereocenters. The summed E-state index contributed by atoms with van der Waals surface area (Å²) in [5.41, 5.74) is 5.71. The summed E-state index contributed by atoms with van der Waals surface area (Å²) in [7, 11) is 0. The lowest BCUT2D eigenvalue weighted by Crippen LogP contribution is -2.36. The van der Waals surface area contributed by atoms with Gasteiger partial charge in [0.1, 0.15) is 11.6 Å². The molecule has 7 heteroatoms. The van der Waals surface area contributed by atoms with Gasteiger partial charge in [0.25, 0.3) is 0 Å². The summed E-state index contributed by atoms with van der Waals surface area (Å²) < 4.78 is 7.71. The Hall–Kier alpha value is -3.29. The number of rotatable bonds is 6. The highest BCUT2D eigenvalue weighted by Crippen LogP contribution is 2.29. The molecule has 34 heavy (non-hydrogen) atoms. The number of fused-ring (bicyclic) bond motifs is 2. The molecule has 174 valence electrons. The molecule has 0 saturated carbocycles. The van der Waals surface area contributed by atoms with Crippen LogP contribution in [-0.2, 0) is 30.7 Å². The quantitative estimate of drug-likeness (QED) is 0.472. The van der Waals surface area contributed by atoms with Crippen LogP contribution in [0.4, 0.5) is 5.82 Å². The molecule has 1 fully saturated rings. The van der Waals surface area contributed by atoms with Crippen molar-refractivity contribution in [2.75, 3.05) is 31.6 Å². The van der Waals surface area contributed by atoms with E-state index in [0.717, 1.165) is 74.9 Å². The summed E-state index contributed by atoms with van der Waals surface area (Å²) >= 11 is 0. The summed E-state index contributed by atoms with van der Waals surface area (Å²) in [5, 5.41) is 3.63. The summed E-state index contributed by atoms with van der Waals surface area (Å²) in [6.45, 7) is 4.86. The van der Waals surface area contributed by atoms with Gasteiger partial charge in [-0.1, -0.05) is 42.5 Å². The number of aryl methyl sites for hydroxylation is 1. The second-order valence-electron chi connectivity index (χ2n) is 9.08. The van der Waals surface area contributed by atoms with Crippen LogP contribution in [0.2, 0.25) is 0 Å². The zero-order chi connectivity index (χ0) is 22.7. The molecule has 2 aromatic carbocycles. The Kier molecular flexibility index (Phi) is 5.95. The van der Waals surface area contributed by atoms with Crippen molar-refractivity contribution in [3.05, 3.63) is 77.2 Å². The van der Waals surface area contributed by atoms with Crippen molar-refractivity contribution in [1.29, 1.82) is 0 Å². The maximum Gasteiger partial charge on any atom is 0.237 e. The number of benzene rings is 2. The molecule has 0 radical (unpaired) electrons. The van der Waals surface area contributed by atoms with Gasteiger partial charge >= 0.3 is 0 Å². The second-order valence-corrected chi connectivity index (χ2v) is 9.08. The Balaban J connectivity index is 1.42. The lowest BCUT2D eigenvalue weighted by molar-refractivity contribution is 0.0329. The normalized spacial score (nSPS) is 16.5. The van der Waals surface area contributed by atoms with E-state index in [9.17, 15) is 0 Å². The fourth-order valence-electron chi connectivity index (χ4n) is 4.97. The highest BCUT2D eigenvalue weighted by atomic mass is 16.5. The first kappa shape index (κ1) is 21.3. The minimum absolute atomic E-state index is 0.716. The van der Waals surface area contributed by atoms with Gasteiger partial charge in [0, 0.05) is 25.2 Å². The smallest absolute Gasteiger partial charge is 0.237 e. The Morgan fingerprint density at radius 1 is 0.853 bits per heavy atom. The number of anilines is 1. The van der Waals surface area contributed by atoms with E-state index < -0.39 is 0 Å². The van der Waals surface area contributed by atoms with E-state index in [1.54, 1.807) is 0 Å². The van der Waals surface area contributed by atoms with Gasteiger partial charge in [-0.2, -0.15) is 4.98 Å². The first-order valence-electron chi connectivity index (χ1n) is 12.3. The van der Waals surface area contributed by atoms with Gasteiger partial charge in [-0.15, -0.1) is 0 Å². The molecule has 4 aromatic rings. The minimum atomic E-state index is 0.716. The number of hydrogen-bond acceptors (Lipinski definition) is 6. The Morgan fingerprint density at radius 2 is 1.65 bits per heavy atom. The SMILES string of the molecule is c1ccc(CNc2nc(-n3c(CN4CCOCC4)nc4ccccc43)nc3c2CCCC3)cc1. The van der Waals surface area contributed by atoms with E-state index in [2.05, 4.69) is 57.2 Å². The van der Waals surface area contributed by atoms with Crippen LogP contribution in [-0.4, -0.2) is 50.7 Å². The predicted molar refractivity (Wildman–Crippen MR) is 133 cm³/mol. The topological polar surface area (TPSA) is 68.1 Å². The third-order valence-electron chi connectivity index (χ3n) is 6.77. The summed E-state index contributed by atoms with van der Waals surface area (Å²) in [5.74, 6) is 2.65. The van der Waals surface area contributed by atoms with Crippen LogP contribution >= 0.6 is 0 Å². The zero-order valence-corrected chi connectivity index (χ0v) is 19.4. The minimum Gasteiger partial charge on any atom is -0.379 e. The van der Waals surface area contributed by atoms with Gasteiger partial charge in [0.05, 0.1) is 36.5 Å². The van der Waals surface area contributed by atoms with Crippen LogP contribution in [0.25, 0.3) is 17.0 Å². The van der Waals surface area contributed by atoms with E-state index in [4.69, 9.17) is 19.7 Å². The zero-order valence-electron chi connectivity index (χ0n) is 19.4. The molecule has 0 spiro atoms. The number of nitrogens with zero attached hydrogens (tertiary/aromatic N) is 5. The molecule has 0 unspecified atom stereocenters. The van der Waals surface area contributed by atoms with Crippen molar-refractivity contribution in [2.45, 2.75) is 38.8 Å². The number of imidazole rings is 1. The number of hydrogen-bond donors (Lipinski definition) is 1. The maximum atomic E-state index is 5.55. The van der Waals surface area contributed by atoms with Gasteiger partial charge in [-0.05, 0) is 43.4 Å². The van der Waals surface area contributed by atoms with E-state index in [1.807, 2.05) is 12.1 Å². The lowest BCUT2D eigenvalue weighted by Gasteiger charge is -2.26. The number of morpholine rings is 1. The van der Waals surface area contributed by atoms with Crippen LogP contribution in [0.3, 0.4) is 0 Å². The highest BCUT2D eigenvalue weighted by molar-refractivity contribution is 5.77. The van der Waals surface area contributed by atoms with E-state index in [-0.39, 0.29) is 0 Å². The van der Waals surface area contributed by atoms with Crippen LogP contribution in [0.1, 0.15) is 35.5 Å². The predicted octanol–water partition coefficient (Wildman–Crippen LogP) is 4.14. The largest absolute Gasteiger partial charge is 0.379 e. The van der Waals surface area contributed by atoms with Gasteiger partial charge in [-0.25, -0.2) is 9.97 Å². The highest BCUT2D eigenvalue weighted by Gasteiger charge is 2.23. The average Bonchev–Trinajstić information content (AvgIpc) is 3.26. The average molecular weight is 455 g/mol. The molecular formula is C27H30N6O. The fraction of sp³-hybridized carbons (Fsp3) is 0.370. The first-order chi connectivity index (χ1) is 16.8. The molecule has 3 heterocycles. The molecule has 2 aliphatic rings. The van der Waals surface area contributed by atoms with E-state index in [0.29, 0.717) is 5.95 Å². The fourth-order valence-corrected chi connectivity index (χ4v) is 4.97. The van der Waals surface area contributed by atoms with Crippen LogP contribution < -0.4 is 5.32 Å². The van der Waals surface area contributed by atoms with Crippen LogP contribution in [0.15, 0.2) is 54.6 Å². The van der Waals surface area contributed by atoms with E-state index >= 15 is 0 Å². The summed E-state index contributed by atoms with van der Waals surface area (Å²) in [4.78, 5) is 17.6. The molecule has 0 amide bonds. The summed E-state index contributed by atoms with van der Waals surface area (Å²) in [6, 6.07) is 18.8. The lowest BCUT2D eigenvalue weighted by atomic mass is 9.96. The number of nitrogens with one attached hydrogen (secondary N) is 1. The van der Waals surface area contributed by atoms with Crippen molar-refractivity contribution in [3.63, 3.8) is 0 Å². The monoisotopic (exact) mass is 454 g/mol. The Bertz CT molecular complexity index is 1280. The van der Waals surface area contributed by atoms with Gasteiger partial charge < -0.3 is 10.1 Å². The van der Waals surface area contributed by atoms with E-state index in [1.165, 1.54) is 29.7 Å². The third kappa shape index (κ3) is 4.29. The van der Waals surface area contributed by atoms with Crippen molar-refractivity contribution >= 4 is 16.9 Å².